The fourth-order valence-electron chi connectivity index (χ4n) is 2.63. The minimum Gasteiger partial charge on any atom is -0.465 e. The van der Waals surface area contributed by atoms with Crippen LogP contribution in [0.15, 0.2) is 23.4 Å². The van der Waals surface area contributed by atoms with Crippen LogP contribution in [0.2, 0.25) is 0 Å². The standard InChI is InChI=1S/C16H15N5O6S/c1-20-16(17-18-19-20)28-11-7-12(22)21(13(11)23)10-5-8(14(24)26-2)4-9(6-10)15(25)27-3/h4-6,11H,7H2,1-3H3. The molecule has 1 unspecified atom stereocenters. The van der Waals surface area contributed by atoms with E-state index in [9.17, 15) is 19.2 Å². The van der Waals surface area contributed by atoms with E-state index in [4.69, 9.17) is 0 Å². The second-order valence-electron chi connectivity index (χ2n) is 5.71. The molecule has 0 N–H and O–H groups in total. The summed E-state index contributed by atoms with van der Waals surface area (Å²) >= 11 is 1.06. The van der Waals surface area contributed by atoms with Crippen LogP contribution in [0.4, 0.5) is 5.69 Å². The van der Waals surface area contributed by atoms with Gasteiger partial charge in [-0.15, -0.1) is 5.10 Å². The van der Waals surface area contributed by atoms with Crippen LogP contribution in [-0.4, -0.2) is 63.4 Å². The molecule has 2 amide bonds. The highest BCUT2D eigenvalue weighted by Gasteiger charge is 2.41. The average molecular weight is 405 g/mol. The molecule has 1 saturated heterocycles. The molecule has 2 aromatic rings. The molecule has 1 aromatic heterocycles. The first-order valence-corrected chi connectivity index (χ1v) is 8.81. The minimum absolute atomic E-state index is 0.00889. The van der Waals surface area contributed by atoms with Crippen molar-refractivity contribution < 1.29 is 28.7 Å². The summed E-state index contributed by atoms with van der Waals surface area (Å²) < 4.78 is 10.7. The van der Waals surface area contributed by atoms with Crippen molar-refractivity contribution in [1.29, 1.82) is 0 Å². The monoisotopic (exact) mass is 405 g/mol. The number of rotatable bonds is 5. The number of benzene rings is 1. The van der Waals surface area contributed by atoms with Crippen molar-refractivity contribution in [2.75, 3.05) is 19.1 Å². The highest BCUT2D eigenvalue weighted by atomic mass is 32.2. The van der Waals surface area contributed by atoms with Gasteiger partial charge in [0.1, 0.15) is 5.25 Å². The largest absolute Gasteiger partial charge is 0.465 e. The predicted octanol–water partition coefficient (Wildman–Crippen LogP) is 0.207. The number of carbonyl (C=O) groups excluding carboxylic acids is 4. The number of aryl methyl sites for hydroxylation is 1. The SMILES string of the molecule is COC(=O)c1cc(C(=O)OC)cc(N2C(=O)CC(Sc3nnnn3C)C2=O)c1. The van der Waals surface area contributed by atoms with E-state index in [0.29, 0.717) is 5.16 Å². The molecule has 1 aliphatic rings. The number of methoxy groups -OCH3 is 2. The Balaban J connectivity index is 1.96. The molecule has 0 aliphatic carbocycles. The Hall–Kier alpha value is -3.28. The Bertz CT molecular complexity index is 940. The Morgan fingerprint density at radius 2 is 1.71 bits per heavy atom. The van der Waals surface area contributed by atoms with Crippen LogP contribution < -0.4 is 4.90 Å². The Morgan fingerprint density at radius 1 is 1.11 bits per heavy atom. The van der Waals surface area contributed by atoms with Gasteiger partial charge < -0.3 is 9.47 Å². The first-order valence-electron chi connectivity index (χ1n) is 7.93. The van der Waals surface area contributed by atoms with Gasteiger partial charge >= 0.3 is 11.9 Å². The number of thioether (sulfide) groups is 1. The van der Waals surface area contributed by atoms with Crippen molar-refractivity contribution in [2.45, 2.75) is 16.8 Å². The van der Waals surface area contributed by atoms with Gasteiger partial charge in [0.25, 0.3) is 0 Å². The molecule has 0 bridgehead atoms. The number of ether oxygens (including phenoxy) is 2. The highest BCUT2D eigenvalue weighted by molar-refractivity contribution is 8.00. The van der Waals surface area contributed by atoms with E-state index in [0.717, 1.165) is 16.7 Å². The van der Waals surface area contributed by atoms with Gasteiger partial charge in [0.2, 0.25) is 17.0 Å². The maximum atomic E-state index is 12.8. The molecule has 2 heterocycles. The highest BCUT2D eigenvalue weighted by Crippen LogP contribution is 2.33. The third kappa shape index (κ3) is 3.58. The summed E-state index contributed by atoms with van der Waals surface area (Å²) in [7, 11) is 3.98. The fourth-order valence-corrected chi connectivity index (χ4v) is 3.59. The molecule has 28 heavy (non-hydrogen) atoms. The van der Waals surface area contributed by atoms with Gasteiger partial charge in [-0.1, -0.05) is 11.8 Å². The fraction of sp³-hybridized carbons (Fsp3) is 0.312. The van der Waals surface area contributed by atoms with Gasteiger partial charge in [-0.3, -0.25) is 9.59 Å². The molecule has 146 valence electrons. The Labute approximate surface area is 163 Å². The van der Waals surface area contributed by atoms with Gasteiger partial charge in [-0.25, -0.2) is 19.2 Å². The van der Waals surface area contributed by atoms with E-state index in [1.165, 1.54) is 37.1 Å². The first-order chi connectivity index (χ1) is 13.3. The van der Waals surface area contributed by atoms with Crippen LogP contribution >= 0.6 is 11.8 Å². The zero-order valence-electron chi connectivity index (χ0n) is 15.1. The lowest BCUT2D eigenvalue weighted by Crippen LogP contribution is -2.31. The van der Waals surface area contributed by atoms with Crippen molar-refractivity contribution in [3.05, 3.63) is 29.3 Å². The number of imide groups is 1. The van der Waals surface area contributed by atoms with Crippen LogP contribution in [0.3, 0.4) is 0 Å². The molecule has 0 saturated carbocycles. The maximum Gasteiger partial charge on any atom is 0.337 e. The summed E-state index contributed by atoms with van der Waals surface area (Å²) in [5, 5.41) is 10.6. The van der Waals surface area contributed by atoms with E-state index in [1.54, 1.807) is 7.05 Å². The lowest BCUT2D eigenvalue weighted by atomic mass is 10.1. The zero-order valence-corrected chi connectivity index (χ0v) is 15.9. The van der Waals surface area contributed by atoms with Crippen LogP contribution in [0.1, 0.15) is 27.1 Å². The normalized spacial score (nSPS) is 16.4. The van der Waals surface area contributed by atoms with Crippen molar-refractivity contribution in [1.82, 2.24) is 20.2 Å². The number of hydrogen-bond acceptors (Lipinski definition) is 10. The van der Waals surface area contributed by atoms with Crippen LogP contribution in [0.25, 0.3) is 0 Å². The van der Waals surface area contributed by atoms with Gasteiger partial charge in [0.15, 0.2) is 0 Å². The number of carbonyl (C=O) groups is 4. The number of hydrogen-bond donors (Lipinski definition) is 0. The summed E-state index contributed by atoms with van der Waals surface area (Å²) in [5.74, 6) is -2.42. The van der Waals surface area contributed by atoms with E-state index in [-0.39, 0.29) is 23.2 Å². The lowest BCUT2D eigenvalue weighted by Gasteiger charge is -2.16. The lowest BCUT2D eigenvalue weighted by molar-refractivity contribution is -0.121. The third-order valence-corrected chi connectivity index (χ3v) is 5.16. The quantitative estimate of drug-likeness (QED) is 0.502. The molecule has 12 heteroatoms. The minimum atomic E-state index is -0.736. The molecule has 1 atom stereocenters. The van der Waals surface area contributed by atoms with Gasteiger partial charge in [0, 0.05) is 13.5 Å². The first kappa shape index (κ1) is 19.5. The summed E-state index contributed by atoms with van der Waals surface area (Å²) in [5.41, 5.74) is 0.0988. The van der Waals surface area contributed by atoms with Crippen molar-refractivity contribution in [3.63, 3.8) is 0 Å². The average Bonchev–Trinajstić information content (AvgIpc) is 3.22. The van der Waals surface area contributed by atoms with Crippen molar-refractivity contribution in [2.24, 2.45) is 7.05 Å². The topological polar surface area (TPSA) is 134 Å². The van der Waals surface area contributed by atoms with Crippen molar-refractivity contribution in [3.8, 4) is 0 Å². The number of nitrogens with zero attached hydrogens (tertiary/aromatic N) is 5. The number of esters is 2. The number of aromatic nitrogens is 4. The Kier molecular flexibility index (Phi) is 5.40. The summed E-state index contributed by atoms with van der Waals surface area (Å²) in [6, 6.07) is 3.89. The maximum absolute atomic E-state index is 12.8. The molecule has 11 nitrogen and oxygen atoms in total. The molecule has 1 aliphatic heterocycles. The van der Waals surface area contributed by atoms with E-state index in [2.05, 4.69) is 25.0 Å². The second kappa shape index (κ2) is 7.76. The van der Waals surface area contributed by atoms with E-state index in [1.807, 2.05) is 0 Å². The molecule has 0 radical (unpaired) electrons. The van der Waals surface area contributed by atoms with Crippen LogP contribution in [-0.2, 0) is 26.1 Å². The zero-order chi connectivity index (χ0) is 20.4. The van der Waals surface area contributed by atoms with Gasteiger partial charge in [-0.2, -0.15) is 0 Å². The molecular formula is C16H15N5O6S. The van der Waals surface area contributed by atoms with Gasteiger partial charge in [0.05, 0.1) is 31.0 Å². The van der Waals surface area contributed by atoms with Crippen LogP contribution in [0.5, 0.6) is 0 Å². The molecule has 1 aromatic carbocycles. The predicted molar refractivity (Wildman–Crippen MR) is 94.7 cm³/mol. The molecule has 1 fully saturated rings. The smallest absolute Gasteiger partial charge is 0.337 e. The van der Waals surface area contributed by atoms with E-state index >= 15 is 0 Å². The van der Waals surface area contributed by atoms with Crippen LogP contribution in [0, 0.1) is 0 Å². The Morgan fingerprint density at radius 3 is 2.21 bits per heavy atom. The second-order valence-corrected chi connectivity index (χ2v) is 6.88. The summed E-state index contributed by atoms with van der Waals surface area (Å²) in [6.45, 7) is 0. The van der Waals surface area contributed by atoms with Crippen molar-refractivity contribution >= 4 is 41.2 Å². The van der Waals surface area contributed by atoms with Gasteiger partial charge in [-0.05, 0) is 28.6 Å². The molecule has 3 rings (SSSR count). The number of tetrazole rings is 1. The molecule has 0 spiro atoms. The number of anilines is 1. The summed E-state index contributed by atoms with van der Waals surface area (Å²) in [6.07, 6.45) is -0.0770. The molecular weight excluding hydrogens is 390 g/mol. The third-order valence-electron chi connectivity index (χ3n) is 3.95. The summed E-state index contributed by atoms with van der Waals surface area (Å²) in [4.78, 5) is 50.1. The number of amides is 2. The van der Waals surface area contributed by atoms with E-state index < -0.39 is 29.0 Å².